The summed E-state index contributed by atoms with van der Waals surface area (Å²) in [7, 11) is -3.30. The van der Waals surface area contributed by atoms with Gasteiger partial charge in [0.05, 0.1) is 10.6 Å². The third-order valence-electron chi connectivity index (χ3n) is 3.49. The molecule has 0 bridgehead atoms. The Balaban J connectivity index is 2.47. The van der Waals surface area contributed by atoms with Crippen molar-refractivity contribution in [1.82, 2.24) is 0 Å². The lowest BCUT2D eigenvalue weighted by molar-refractivity contribution is -0.133. The molecular weight excluding hydrogens is 266 g/mol. The SMILES string of the molecule is CCC1(CC)Oc2ccc(S(C)(=O)=O)cc2NC1=O. The summed E-state index contributed by atoms with van der Waals surface area (Å²) in [6, 6.07) is 4.50. The Morgan fingerprint density at radius 2 is 1.89 bits per heavy atom. The Labute approximate surface area is 112 Å². The van der Waals surface area contributed by atoms with Crippen molar-refractivity contribution in [2.75, 3.05) is 11.6 Å². The lowest BCUT2D eigenvalue weighted by Gasteiger charge is -2.36. The van der Waals surface area contributed by atoms with E-state index in [-0.39, 0.29) is 10.8 Å². The van der Waals surface area contributed by atoms with Crippen LogP contribution in [0.3, 0.4) is 0 Å². The first-order valence-electron chi connectivity index (χ1n) is 6.17. The van der Waals surface area contributed by atoms with Crippen LogP contribution in [0.4, 0.5) is 5.69 Å². The smallest absolute Gasteiger partial charge is 0.268 e. The standard InChI is InChI=1S/C13H17NO4S/c1-4-13(5-2)12(15)14-10-8-9(19(3,16)17)6-7-11(10)18-13/h6-8H,4-5H2,1-3H3,(H,14,15). The Kier molecular flexibility index (Phi) is 3.30. The highest BCUT2D eigenvalue weighted by atomic mass is 32.2. The maximum atomic E-state index is 12.1. The Morgan fingerprint density at radius 3 is 2.42 bits per heavy atom. The first-order valence-corrected chi connectivity index (χ1v) is 8.06. The predicted molar refractivity (Wildman–Crippen MR) is 72.1 cm³/mol. The summed E-state index contributed by atoms with van der Waals surface area (Å²) >= 11 is 0. The summed E-state index contributed by atoms with van der Waals surface area (Å²) in [5.41, 5.74) is -0.454. The molecule has 0 saturated carbocycles. The molecule has 0 unspecified atom stereocenters. The van der Waals surface area contributed by atoms with Gasteiger partial charge in [-0.15, -0.1) is 0 Å². The molecule has 6 heteroatoms. The van der Waals surface area contributed by atoms with Crippen molar-refractivity contribution in [1.29, 1.82) is 0 Å². The molecule has 0 aromatic heterocycles. The number of hydrogen-bond donors (Lipinski definition) is 1. The second-order valence-electron chi connectivity index (χ2n) is 4.69. The van der Waals surface area contributed by atoms with E-state index < -0.39 is 15.4 Å². The van der Waals surface area contributed by atoms with E-state index in [0.29, 0.717) is 24.3 Å². The minimum atomic E-state index is -3.30. The number of rotatable bonds is 3. The molecule has 5 nitrogen and oxygen atoms in total. The number of amides is 1. The van der Waals surface area contributed by atoms with E-state index in [2.05, 4.69) is 5.32 Å². The van der Waals surface area contributed by atoms with E-state index >= 15 is 0 Å². The van der Waals surface area contributed by atoms with Gasteiger partial charge in [-0.2, -0.15) is 0 Å². The van der Waals surface area contributed by atoms with Crippen LogP contribution in [0.15, 0.2) is 23.1 Å². The minimum Gasteiger partial charge on any atom is -0.475 e. The molecular formula is C13H17NO4S. The van der Waals surface area contributed by atoms with Gasteiger partial charge >= 0.3 is 0 Å². The van der Waals surface area contributed by atoms with Crippen LogP contribution in [0.1, 0.15) is 26.7 Å². The number of anilines is 1. The molecule has 2 rings (SSSR count). The maximum absolute atomic E-state index is 12.1. The van der Waals surface area contributed by atoms with Crippen LogP contribution in [0.5, 0.6) is 5.75 Å². The van der Waals surface area contributed by atoms with E-state index in [4.69, 9.17) is 4.74 Å². The second-order valence-corrected chi connectivity index (χ2v) is 6.70. The van der Waals surface area contributed by atoms with Crippen LogP contribution in [0.25, 0.3) is 0 Å². The topological polar surface area (TPSA) is 72.5 Å². The van der Waals surface area contributed by atoms with Crippen molar-refractivity contribution in [3.63, 3.8) is 0 Å². The highest BCUT2D eigenvalue weighted by molar-refractivity contribution is 7.90. The molecule has 0 atom stereocenters. The fourth-order valence-electron chi connectivity index (χ4n) is 2.13. The van der Waals surface area contributed by atoms with Gasteiger partial charge in [0.25, 0.3) is 5.91 Å². The van der Waals surface area contributed by atoms with E-state index in [1.54, 1.807) is 6.07 Å². The number of carbonyl (C=O) groups is 1. The summed E-state index contributed by atoms with van der Waals surface area (Å²) in [5.74, 6) is 0.284. The second kappa shape index (κ2) is 4.52. The van der Waals surface area contributed by atoms with Crippen molar-refractivity contribution >= 4 is 21.4 Å². The van der Waals surface area contributed by atoms with E-state index in [1.807, 2.05) is 13.8 Å². The third-order valence-corrected chi connectivity index (χ3v) is 4.60. The van der Waals surface area contributed by atoms with E-state index in [0.717, 1.165) is 6.26 Å². The zero-order chi connectivity index (χ0) is 14.3. The summed E-state index contributed by atoms with van der Waals surface area (Å²) in [6.07, 6.45) is 2.24. The zero-order valence-electron chi connectivity index (χ0n) is 11.2. The highest BCUT2D eigenvalue weighted by Gasteiger charge is 2.41. The van der Waals surface area contributed by atoms with Crippen molar-refractivity contribution in [3.05, 3.63) is 18.2 Å². The van der Waals surface area contributed by atoms with Gasteiger partial charge < -0.3 is 10.1 Å². The Bertz CT molecular complexity index is 618. The predicted octanol–water partition coefficient (Wildman–Crippen LogP) is 1.98. The number of nitrogens with one attached hydrogen (secondary N) is 1. The zero-order valence-corrected chi connectivity index (χ0v) is 12.0. The monoisotopic (exact) mass is 283 g/mol. The number of fused-ring (bicyclic) bond motifs is 1. The average Bonchev–Trinajstić information content (AvgIpc) is 2.36. The molecule has 0 saturated heterocycles. The van der Waals surface area contributed by atoms with Crippen LogP contribution in [-0.2, 0) is 14.6 Å². The lowest BCUT2D eigenvalue weighted by Crippen LogP contribution is -2.49. The molecule has 1 amide bonds. The number of ether oxygens (including phenoxy) is 1. The molecule has 0 fully saturated rings. The quantitative estimate of drug-likeness (QED) is 0.920. The molecule has 0 spiro atoms. The molecule has 1 aliphatic heterocycles. The lowest BCUT2D eigenvalue weighted by atomic mass is 9.94. The van der Waals surface area contributed by atoms with Gasteiger partial charge in [0, 0.05) is 6.26 Å². The van der Waals surface area contributed by atoms with Gasteiger partial charge in [-0.3, -0.25) is 4.79 Å². The Morgan fingerprint density at radius 1 is 1.26 bits per heavy atom. The third kappa shape index (κ3) is 2.32. The molecule has 1 aromatic carbocycles. The number of hydrogen-bond acceptors (Lipinski definition) is 4. The molecule has 0 aliphatic carbocycles. The van der Waals surface area contributed by atoms with Crippen LogP contribution in [0.2, 0.25) is 0 Å². The summed E-state index contributed by atoms with van der Waals surface area (Å²) in [4.78, 5) is 12.3. The van der Waals surface area contributed by atoms with Crippen molar-refractivity contribution in [3.8, 4) is 5.75 Å². The van der Waals surface area contributed by atoms with Crippen LogP contribution >= 0.6 is 0 Å². The summed E-state index contributed by atoms with van der Waals surface area (Å²) < 4.78 is 28.8. The van der Waals surface area contributed by atoms with Crippen LogP contribution in [0, 0.1) is 0 Å². The Hall–Kier alpha value is -1.56. The molecule has 1 heterocycles. The first kappa shape index (κ1) is 13.9. The van der Waals surface area contributed by atoms with Crippen molar-refractivity contribution in [2.24, 2.45) is 0 Å². The van der Waals surface area contributed by atoms with E-state index in [9.17, 15) is 13.2 Å². The molecule has 0 radical (unpaired) electrons. The van der Waals surface area contributed by atoms with Gasteiger partial charge in [-0.25, -0.2) is 8.42 Å². The fraction of sp³-hybridized carbons (Fsp3) is 0.462. The van der Waals surface area contributed by atoms with Gasteiger partial charge in [-0.1, -0.05) is 13.8 Å². The van der Waals surface area contributed by atoms with Crippen LogP contribution < -0.4 is 10.1 Å². The van der Waals surface area contributed by atoms with E-state index in [1.165, 1.54) is 12.1 Å². The van der Waals surface area contributed by atoms with Crippen LogP contribution in [-0.4, -0.2) is 26.2 Å². The van der Waals surface area contributed by atoms with Crippen molar-refractivity contribution < 1.29 is 17.9 Å². The summed E-state index contributed by atoms with van der Waals surface area (Å²) in [6.45, 7) is 3.78. The molecule has 1 aliphatic rings. The molecule has 1 aromatic rings. The average molecular weight is 283 g/mol. The number of sulfone groups is 1. The minimum absolute atomic E-state index is 0.163. The fourth-order valence-corrected chi connectivity index (χ4v) is 2.78. The van der Waals surface area contributed by atoms with Gasteiger partial charge in [-0.05, 0) is 31.0 Å². The highest BCUT2D eigenvalue weighted by Crippen LogP contribution is 2.37. The molecule has 19 heavy (non-hydrogen) atoms. The maximum Gasteiger partial charge on any atom is 0.268 e. The van der Waals surface area contributed by atoms with Gasteiger partial charge in [0.15, 0.2) is 15.4 Å². The summed E-state index contributed by atoms with van der Waals surface area (Å²) in [5, 5.41) is 2.74. The number of benzene rings is 1. The largest absolute Gasteiger partial charge is 0.475 e. The van der Waals surface area contributed by atoms with Gasteiger partial charge in [0.2, 0.25) is 0 Å². The normalized spacial score (nSPS) is 17.3. The number of carbonyl (C=O) groups excluding carboxylic acids is 1. The van der Waals surface area contributed by atoms with Crippen molar-refractivity contribution in [2.45, 2.75) is 37.2 Å². The first-order chi connectivity index (χ1) is 8.82. The van der Waals surface area contributed by atoms with Gasteiger partial charge in [0.1, 0.15) is 5.75 Å². The molecule has 1 N–H and O–H groups in total. The molecule has 104 valence electrons.